The van der Waals surface area contributed by atoms with E-state index in [1.165, 1.54) is 18.2 Å². The normalized spacial score (nSPS) is 12.3. The van der Waals surface area contributed by atoms with Gasteiger partial charge in [-0.2, -0.15) is 0 Å². The number of aryl methyl sites for hydroxylation is 1. The molecule has 0 unspecified atom stereocenters. The minimum atomic E-state index is -0.808. The van der Waals surface area contributed by atoms with Crippen molar-refractivity contribution in [1.29, 1.82) is 0 Å². The van der Waals surface area contributed by atoms with Gasteiger partial charge in [0.1, 0.15) is 11.6 Å². The lowest BCUT2D eigenvalue weighted by Gasteiger charge is -2.27. The average Bonchev–Trinajstić information content (AvgIpc) is 2.43. The van der Waals surface area contributed by atoms with Gasteiger partial charge in [0, 0.05) is 23.5 Å². The number of hydrogen-bond acceptors (Lipinski definition) is 2. The molecule has 2 aromatic rings. The van der Waals surface area contributed by atoms with Crippen LogP contribution in [0.5, 0.6) is 0 Å². The lowest BCUT2D eigenvalue weighted by molar-refractivity contribution is 0.199. The Hall–Kier alpha value is -1.94. The Bertz CT molecular complexity index is 641. The molecule has 2 aromatic carbocycles. The number of halogens is 2. The third-order valence-electron chi connectivity index (χ3n) is 3.48. The van der Waals surface area contributed by atoms with Gasteiger partial charge >= 0.3 is 0 Å². The second-order valence-electron chi connectivity index (χ2n) is 5.06. The molecule has 0 aliphatic carbocycles. The van der Waals surface area contributed by atoms with Gasteiger partial charge in [0.2, 0.25) is 0 Å². The molecule has 4 heteroatoms. The van der Waals surface area contributed by atoms with E-state index < -0.39 is 6.10 Å². The van der Waals surface area contributed by atoms with Gasteiger partial charge in [-0.1, -0.05) is 6.07 Å². The van der Waals surface area contributed by atoms with E-state index in [4.69, 9.17) is 0 Å². The van der Waals surface area contributed by atoms with Gasteiger partial charge in [-0.25, -0.2) is 8.78 Å². The molecule has 0 saturated heterocycles. The Morgan fingerprint density at radius 2 is 1.90 bits per heavy atom. The lowest BCUT2D eigenvalue weighted by Crippen LogP contribution is -2.19. The molecule has 0 saturated carbocycles. The number of hydrogen-bond donors (Lipinski definition) is 1. The second kappa shape index (κ2) is 6.22. The first-order valence-corrected chi connectivity index (χ1v) is 6.95. The molecular weight excluding hydrogens is 272 g/mol. The molecule has 0 bridgehead atoms. The quantitative estimate of drug-likeness (QED) is 0.897. The van der Waals surface area contributed by atoms with E-state index in [9.17, 15) is 13.9 Å². The van der Waals surface area contributed by atoms with E-state index >= 15 is 0 Å². The highest BCUT2D eigenvalue weighted by atomic mass is 19.1. The van der Waals surface area contributed by atoms with Crippen molar-refractivity contribution in [3.05, 3.63) is 59.2 Å². The maximum Gasteiger partial charge on any atom is 0.126 e. The van der Waals surface area contributed by atoms with Crippen molar-refractivity contribution >= 4 is 11.4 Å². The van der Waals surface area contributed by atoms with Gasteiger partial charge in [0.15, 0.2) is 0 Å². The van der Waals surface area contributed by atoms with Crippen LogP contribution in [0.25, 0.3) is 0 Å². The van der Waals surface area contributed by atoms with Crippen molar-refractivity contribution < 1.29 is 13.9 Å². The van der Waals surface area contributed by atoms with Gasteiger partial charge in [-0.3, -0.25) is 0 Å². The Kier molecular flexibility index (Phi) is 4.58. The Balaban J connectivity index is 2.59. The van der Waals surface area contributed by atoms with Crippen molar-refractivity contribution in [3.63, 3.8) is 0 Å². The fourth-order valence-electron chi connectivity index (χ4n) is 2.39. The zero-order valence-electron chi connectivity index (χ0n) is 12.4. The number of aliphatic hydroxyl groups is 1. The fraction of sp³-hybridized carbons (Fsp3) is 0.294. The van der Waals surface area contributed by atoms with E-state index in [1.54, 1.807) is 32.0 Å². The minimum absolute atomic E-state index is 0.330. The van der Waals surface area contributed by atoms with E-state index in [2.05, 4.69) is 0 Å². The van der Waals surface area contributed by atoms with Gasteiger partial charge < -0.3 is 10.0 Å². The van der Waals surface area contributed by atoms with Crippen LogP contribution >= 0.6 is 0 Å². The van der Waals surface area contributed by atoms with Gasteiger partial charge in [-0.05, 0) is 56.7 Å². The van der Waals surface area contributed by atoms with Gasteiger partial charge in [0.05, 0.1) is 6.10 Å². The average molecular weight is 291 g/mol. The number of aliphatic hydroxyl groups excluding tert-OH is 1. The third-order valence-corrected chi connectivity index (χ3v) is 3.48. The molecule has 1 N–H and O–H groups in total. The highest BCUT2D eigenvalue weighted by Gasteiger charge is 2.17. The van der Waals surface area contributed by atoms with E-state index in [-0.39, 0.29) is 11.6 Å². The molecule has 0 aliphatic rings. The van der Waals surface area contributed by atoms with E-state index in [0.717, 1.165) is 0 Å². The van der Waals surface area contributed by atoms with Crippen LogP contribution in [-0.2, 0) is 0 Å². The standard InChI is InChI=1S/C17H19F2NO/c1-4-20(14-7-5-6-13(18)9-14)17-8-11(2)16(19)10-15(17)12(3)21/h5-10,12,21H,4H2,1-3H3/t12-/m1/s1. The molecular formula is C17H19F2NO. The third kappa shape index (κ3) is 3.22. The first kappa shape index (κ1) is 15.4. The zero-order chi connectivity index (χ0) is 15.6. The summed E-state index contributed by atoms with van der Waals surface area (Å²) < 4.78 is 27.2. The zero-order valence-corrected chi connectivity index (χ0v) is 12.4. The van der Waals surface area contributed by atoms with Crippen molar-refractivity contribution in [1.82, 2.24) is 0 Å². The van der Waals surface area contributed by atoms with Crippen molar-refractivity contribution in [2.24, 2.45) is 0 Å². The van der Waals surface area contributed by atoms with Crippen LogP contribution in [0.1, 0.15) is 31.1 Å². The number of rotatable bonds is 4. The van der Waals surface area contributed by atoms with Gasteiger partial charge in [0.25, 0.3) is 0 Å². The largest absolute Gasteiger partial charge is 0.389 e. The predicted octanol–water partition coefficient (Wildman–Crippen LogP) is 4.48. The Labute approximate surface area is 123 Å². The molecule has 112 valence electrons. The Morgan fingerprint density at radius 1 is 1.19 bits per heavy atom. The van der Waals surface area contributed by atoms with Crippen LogP contribution in [0.3, 0.4) is 0 Å². The summed E-state index contributed by atoms with van der Waals surface area (Å²) in [4.78, 5) is 1.86. The fourth-order valence-corrected chi connectivity index (χ4v) is 2.39. The van der Waals surface area contributed by atoms with Crippen LogP contribution in [0.2, 0.25) is 0 Å². The molecule has 2 nitrogen and oxygen atoms in total. The first-order chi connectivity index (χ1) is 9.93. The van der Waals surface area contributed by atoms with Gasteiger partial charge in [-0.15, -0.1) is 0 Å². The maximum atomic E-state index is 13.8. The number of anilines is 2. The summed E-state index contributed by atoms with van der Waals surface area (Å²) >= 11 is 0. The summed E-state index contributed by atoms with van der Waals surface area (Å²) in [6.45, 7) is 5.76. The summed E-state index contributed by atoms with van der Waals surface area (Å²) in [7, 11) is 0. The molecule has 0 fully saturated rings. The number of nitrogens with zero attached hydrogens (tertiary/aromatic N) is 1. The van der Waals surface area contributed by atoms with Crippen LogP contribution in [0, 0.1) is 18.6 Å². The van der Waals surface area contributed by atoms with Crippen LogP contribution in [-0.4, -0.2) is 11.7 Å². The minimum Gasteiger partial charge on any atom is -0.389 e. The topological polar surface area (TPSA) is 23.5 Å². The van der Waals surface area contributed by atoms with E-state index in [0.29, 0.717) is 29.0 Å². The molecule has 0 heterocycles. The van der Waals surface area contributed by atoms with Crippen molar-refractivity contribution in [2.75, 3.05) is 11.4 Å². The summed E-state index contributed by atoms with van der Waals surface area (Å²) in [6, 6.07) is 9.25. The molecule has 1 atom stereocenters. The monoisotopic (exact) mass is 291 g/mol. The summed E-state index contributed by atoms with van der Waals surface area (Å²) in [6.07, 6.45) is -0.808. The van der Waals surface area contributed by atoms with E-state index in [1.807, 2.05) is 11.8 Å². The summed E-state index contributed by atoms with van der Waals surface area (Å²) in [5, 5.41) is 9.90. The maximum absolute atomic E-state index is 13.8. The molecule has 2 rings (SSSR count). The first-order valence-electron chi connectivity index (χ1n) is 6.95. The highest BCUT2D eigenvalue weighted by Crippen LogP contribution is 2.34. The lowest BCUT2D eigenvalue weighted by atomic mass is 10.0. The van der Waals surface area contributed by atoms with Crippen LogP contribution in [0.4, 0.5) is 20.2 Å². The summed E-state index contributed by atoms with van der Waals surface area (Å²) in [5.74, 6) is -0.687. The molecule has 0 aliphatic heterocycles. The highest BCUT2D eigenvalue weighted by molar-refractivity contribution is 5.67. The SMILES string of the molecule is CCN(c1cccc(F)c1)c1cc(C)c(F)cc1[C@@H](C)O. The second-order valence-corrected chi connectivity index (χ2v) is 5.06. The van der Waals surface area contributed by atoms with Crippen LogP contribution in [0.15, 0.2) is 36.4 Å². The molecule has 0 radical (unpaired) electrons. The molecule has 0 aromatic heterocycles. The number of benzene rings is 2. The van der Waals surface area contributed by atoms with Crippen molar-refractivity contribution in [2.45, 2.75) is 26.9 Å². The smallest absolute Gasteiger partial charge is 0.126 e. The van der Waals surface area contributed by atoms with Crippen molar-refractivity contribution in [3.8, 4) is 0 Å². The Morgan fingerprint density at radius 3 is 2.48 bits per heavy atom. The van der Waals surface area contributed by atoms with Crippen LogP contribution < -0.4 is 4.90 Å². The molecule has 0 spiro atoms. The molecule has 21 heavy (non-hydrogen) atoms. The molecule has 0 amide bonds. The summed E-state index contributed by atoms with van der Waals surface area (Å²) in [5.41, 5.74) is 2.34. The predicted molar refractivity (Wildman–Crippen MR) is 80.9 cm³/mol.